The zero-order valence-corrected chi connectivity index (χ0v) is 8.65. The molecule has 1 aromatic carbocycles. The van der Waals surface area contributed by atoms with Gasteiger partial charge in [-0.25, -0.2) is 5.11 Å². The van der Waals surface area contributed by atoms with Crippen molar-refractivity contribution in [1.29, 1.82) is 0 Å². The molecule has 1 unspecified atom stereocenters. The molecule has 0 aliphatic heterocycles. The minimum Gasteiger partial charge on any atom is -0.387 e. The maximum atomic E-state index is 10.8. The number of aliphatic hydroxyl groups excluding tert-OH is 1. The van der Waals surface area contributed by atoms with Crippen molar-refractivity contribution in [3.8, 4) is 0 Å². The quantitative estimate of drug-likeness (QED) is 0.546. The van der Waals surface area contributed by atoms with Gasteiger partial charge in [0, 0.05) is 13.1 Å². The summed E-state index contributed by atoms with van der Waals surface area (Å²) in [5.41, 5.74) is 1.37. The molecule has 15 heavy (non-hydrogen) atoms. The molecule has 0 saturated carbocycles. The Kier molecular flexibility index (Phi) is 5.04. The van der Waals surface area contributed by atoms with E-state index in [1.807, 2.05) is 6.07 Å². The van der Waals surface area contributed by atoms with Crippen LogP contribution in [0.1, 0.15) is 17.2 Å². The van der Waals surface area contributed by atoms with Crippen LogP contribution in [0, 0.1) is 0 Å². The molecule has 0 heterocycles. The van der Waals surface area contributed by atoms with Crippen molar-refractivity contribution in [2.24, 2.45) is 0 Å². The minimum atomic E-state index is -0.630. The fourth-order valence-electron chi connectivity index (χ4n) is 1.42. The lowest BCUT2D eigenvalue weighted by molar-refractivity contribution is 0.156. The molecule has 0 aliphatic rings. The van der Waals surface area contributed by atoms with Crippen LogP contribution in [0.5, 0.6) is 0 Å². The van der Waals surface area contributed by atoms with Gasteiger partial charge in [-0.05, 0) is 11.1 Å². The first kappa shape index (κ1) is 11.9. The van der Waals surface area contributed by atoms with E-state index in [-0.39, 0.29) is 6.61 Å². The molecular formula is C12H16NO2. The van der Waals surface area contributed by atoms with E-state index in [1.54, 1.807) is 24.3 Å². The van der Waals surface area contributed by atoms with E-state index in [4.69, 9.17) is 0 Å². The number of nitrogens with one attached hydrogen (secondary N) is 1. The van der Waals surface area contributed by atoms with Crippen LogP contribution in [-0.2, 0) is 11.7 Å². The molecule has 0 bridgehead atoms. The third-order valence-corrected chi connectivity index (χ3v) is 2.20. The Morgan fingerprint density at radius 1 is 1.47 bits per heavy atom. The summed E-state index contributed by atoms with van der Waals surface area (Å²) in [6, 6.07) is 7.17. The Morgan fingerprint density at radius 2 is 2.20 bits per heavy atom. The summed E-state index contributed by atoms with van der Waals surface area (Å²) in [5, 5.41) is 23.7. The van der Waals surface area contributed by atoms with Crippen molar-refractivity contribution >= 4 is 0 Å². The number of rotatable bonds is 6. The van der Waals surface area contributed by atoms with Crippen LogP contribution in [0.25, 0.3) is 0 Å². The molecule has 1 aromatic rings. The summed E-state index contributed by atoms with van der Waals surface area (Å²) in [5.74, 6) is 0. The second kappa shape index (κ2) is 6.35. The van der Waals surface area contributed by atoms with Gasteiger partial charge in [-0.3, -0.25) is 0 Å². The molecule has 2 N–H and O–H groups in total. The van der Waals surface area contributed by atoms with Crippen molar-refractivity contribution in [3.05, 3.63) is 48.0 Å². The molecule has 0 saturated heterocycles. The van der Waals surface area contributed by atoms with Gasteiger partial charge in [0.05, 0.1) is 6.10 Å². The zero-order chi connectivity index (χ0) is 11.1. The first-order valence-corrected chi connectivity index (χ1v) is 4.95. The van der Waals surface area contributed by atoms with Gasteiger partial charge >= 0.3 is 0 Å². The topological polar surface area (TPSA) is 52.2 Å². The normalized spacial score (nSPS) is 12.4. The number of hydrogen-bond donors (Lipinski definition) is 2. The summed E-state index contributed by atoms with van der Waals surface area (Å²) < 4.78 is 0. The van der Waals surface area contributed by atoms with Crippen LogP contribution < -0.4 is 5.32 Å². The predicted octanol–water partition coefficient (Wildman–Crippen LogP) is 1.43. The summed E-state index contributed by atoms with van der Waals surface area (Å²) in [6.45, 7) is 4.36. The molecule has 1 rings (SSSR count). The van der Waals surface area contributed by atoms with Gasteiger partial charge in [-0.15, -0.1) is 6.58 Å². The first-order chi connectivity index (χ1) is 7.29. The van der Waals surface area contributed by atoms with Gasteiger partial charge in [-0.2, -0.15) is 0 Å². The van der Waals surface area contributed by atoms with Gasteiger partial charge in [0.15, 0.2) is 0 Å². The Labute approximate surface area is 90.1 Å². The summed E-state index contributed by atoms with van der Waals surface area (Å²) in [7, 11) is 0. The maximum Gasteiger partial charge on any atom is 0.108 e. The lowest BCUT2D eigenvalue weighted by Crippen LogP contribution is -2.22. The van der Waals surface area contributed by atoms with Gasteiger partial charge in [-0.1, -0.05) is 30.3 Å². The van der Waals surface area contributed by atoms with Crippen molar-refractivity contribution in [3.63, 3.8) is 0 Å². The molecule has 0 spiro atoms. The van der Waals surface area contributed by atoms with E-state index in [0.29, 0.717) is 24.2 Å². The zero-order valence-electron chi connectivity index (χ0n) is 8.65. The second-order valence-corrected chi connectivity index (χ2v) is 3.31. The molecule has 81 valence electrons. The van der Waals surface area contributed by atoms with Crippen LogP contribution >= 0.6 is 0 Å². The van der Waals surface area contributed by atoms with Crippen LogP contribution in [0.3, 0.4) is 0 Å². The molecule has 1 atom stereocenters. The maximum absolute atomic E-state index is 10.8. The lowest BCUT2D eigenvalue weighted by atomic mass is 10.0. The largest absolute Gasteiger partial charge is 0.387 e. The average molecular weight is 206 g/mol. The molecule has 1 radical (unpaired) electrons. The smallest absolute Gasteiger partial charge is 0.108 e. The van der Waals surface area contributed by atoms with E-state index in [9.17, 15) is 10.2 Å². The summed E-state index contributed by atoms with van der Waals surface area (Å²) >= 11 is 0. The summed E-state index contributed by atoms with van der Waals surface area (Å²) in [4.78, 5) is 0. The SMILES string of the molecule is C=CCNCC(O)c1ccccc1C[O]. The van der Waals surface area contributed by atoms with Crippen LogP contribution in [0.4, 0.5) is 0 Å². The Balaban J connectivity index is 2.63. The molecule has 3 heteroatoms. The molecule has 0 aliphatic carbocycles. The number of aliphatic hydroxyl groups is 1. The fourth-order valence-corrected chi connectivity index (χ4v) is 1.42. The van der Waals surface area contributed by atoms with Crippen molar-refractivity contribution in [1.82, 2.24) is 5.32 Å². The second-order valence-electron chi connectivity index (χ2n) is 3.31. The number of hydrogen-bond acceptors (Lipinski definition) is 2. The van der Waals surface area contributed by atoms with E-state index in [2.05, 4.69) is 11.9 Å². The monoisotopic (exact) mass is 206 g/mol. The Bertz CT molecular complexity index is 312. The highest BCUT2D eigenvalue weighted by Crippen LogP contribution is 2.17. The van der Waals surface area contributed by atoms with E-state index in [0.717, 1.165) is 0 Å². The first-order valence-electron chi connectivity index (χ1n) is 4.95. The third kappa shape index (κ3) is 3.47. The Morgan fingerprint density at radius 3 is 2.87 bits per heavy atom. The average Bonchev–Trinajstić information content (AvgIpc) is 2.29. The fraction of sp³-hybridized carbons (Fsp3) is 0.333. The van der Waals surface area contributed by atoms with E-state index < -0.39 is 6.10 Å². The lowest BCUT2D eigenvalue weighted by Gasteiger charge is -2.14. The van der Waals surface area contributed by atoms with Gasteiger partial charge in [0.2, 0.25) is 0 Å². The van der Waals surface area contributed by atoms with Crippen LogP contribution in [0.15, 0.2) is 36.9 Å². The van der Waals surface area contributed by atoms with Gasteiger partial charge < -0.3 is 10.4 Å². The molecule has 0 aromatic heterocycles. The standard InChI is InChI=1S/C12H16NO2/c1-2-7-13-8-12(15)11-6-4-3-5-10(11)9-14/h2-6,12-13,15H,1,7-9H2. The van der Waals surface area contributed by atoms with Crippen LogP contribution in [-0.4, -0.2) is 18.2 Å². The van der Waals surface area contributed by atoms with Gasteiger partial charge in [0.25, 0.3) is 0 Å². The molecule has 0 fully saturated rings. The van der Waals surface area contributed by atoms with Crippen molar-refractivity contribution in [2.75, 3.05) is 13.1 Å². The highest BCUT2D eigenvalue weighted by atomic mass is 16.3. The molecular weight excluding hydrogens is 190 g/mol. The predicted molar refractivity (Wildman–Crippen MR) is 58.9 cm³/mol. The highest BCUT2D eigenvalue weighted by molar-refractivity contribution is 5.28. The third-order valence-electron chi connectivity index (χ3n) is 2.20. The van der Waals surface area contributed by atoms with Crippen molar-refractivity contribution < 1.29 is 10.2 Å². The van der Waals surface area contributed by atoms with E-state index >= 15 is 0 Å². The van der Waals surface area contributed by atoms with Crippen LogP contribution in [0.2, 0.25) is 0 Å². The van der Waals surface area contributed by atoms with E-state index in [1.165, 1.54) is 0 Å². The molecule has 0 amide bonds. The molecule has 3 nitrogen and oxygen atoms in total. The Hall–Kier alpha value is -1.16. The van der Waals surface area contributed by atoms with Gasteiger partial charge in [0.1, 0.15) is 6.61 Å². The minimum absolute atomic E-state index is 0.297. The van der Waals surface area contributed by atoms with Crippen molar-refractivity contribution in [2.45, 2.75) is 12.7 Å². The number of benzene rings is 1. The summed E-state index contributed by atoms with van der Waals surface area (Å²) in [6.07, 6.45) is 1.10. The highest BCUT2D eigenvalue weighted by Gasteiger charge is 2.10.